The number of hydrogen-bond donors (Lipinski definition) is 0. The van der Waals surface area contributed by atoms with E-state index in [1.54, 1.807) is 25.3 Å². The first-order chi connectivity index (χ1) is 11.2. The molecule has 1 amide bonds. The second-order valence-corrected chi connectivity index (χ2v) is 5.59. The molecule has 1 saturated heterocycles. The van der Waals surface area contributed by atoms with Crippen molar-refractivity contribution >= 4 is 5.91 Å². The molecule has 0 spiro atoms. The standard InChI is InChI=1S/C16H20N4O3/c1-3-22-14-7-6-12(9-17-14)16(21)20-8-4-5-13(10-20)15-18-11(2)19-23-15/h6-7,9,13H,3-5,8,10H2,1-2H3. The second-order valence-electron chi connectivity index (χ2n) is 5.59. The van der Waals surface area contributed by atoms with E-state index in [0.717, 1.165) is 19.4 Å². The van der Waals surface area contributed by atoms with Crippen LogP contribution in [0.15, 0.2) is 22.9 Å². The average molecular weight is 316 g/mol. The summed E-state index contributed by atoms with van der Waals surface area (Å²) in [6.07, 6.45) is 3.43. The van der Waals surface area contributed by atoms with E-state index < -0.39 is 0 Å². The van der Waals surface area contributed by atoms with Crippen LogP contribution in [0.3, 0.4) is 0 Å². The molecule has 0 N–H and O–H groups in total. The summed E-state index contributed by atoms with van der Waals surface area (Å²) in [6.45, 7) is 5.57. The first-order valence-electron chi connectivity index (χ1n) is 7.85. The van der Waals surface area contributed by atoms with Crippen LogP contribution in [0.1, 0.15) is 47.8 Å². The number of piperidine rings is 1. The van der Waals surface area contributed by atoms with E-state index in [0.29, 0.717) is 36.3 Å². The Morgan fingerprint density at radius 3 is 3.00 bits per heavy atom. The molecule has 122 valence electrons. The summed E-state index contributed by atoms with van der Waals surface area (Å²) in [7, 11) is 0. The Morgan fingerprint density at radius 2 is 2.35 bits per heavy atom. The highest BCUT2D eigenvalue weighted by Gasteiger charge is 2.28. The summed E-state index contributed by atoms with van der Waals surface area (Å²) in [5.74, 6) is 1.84. The van der Waals surface area contributed by atoms with Gasteiger partial charge < -0.3 is 14.2 Å². The van der Waals surface area contributed by atoms with Crippen LogP contribution in [0.4, 0.5) is 0 Å². The molecule has 1 aliphatic rings. The number of aromatic nitrogens is 3. The topological polar surface area (TPSA) is 81.4 Å². The molecular weight excluding hydrogens is 296 g/mol. The van der Waals surface area contributed by atoms with Gasteiger partial charge in [0, 0.05) is 25.4 Å². The van der Waals surface area contributed by atoms with Gasteiger partial charge in [-0.25, -0.2) is 4.98 Å². The molecule has 7 heteroatoms. The lowest BCUT2D eigenvalue weighted by Gasteiger charge is -2.31. The minimum atomic E-state index is -0.0264. The number of carbonyl (C=O) groups excluding carboxylic acids is 1. The van der Waals surface area contributed by atoms with Crippen molar-refractivity contribution in [2.45, 2.75) is 32.6 Å². The number of hydrogen-bond acceptors (Lipinski definition) is 6. The van der Waals surface area contributed by atoms with Gasteiger partial charge in [0.1, 0.15) is 0 Å². The van der Waals surface area contributed by atoms with Gasteiger partial charge in [0.25, 0.3) is 5.91 Å². The second kappa shape index (κ2) is 6.76. The number of aryl methyl sites for hydroxylation is 1. The summed E-state index contributed by atoms with van der Waals surface area (Å²) < 4.78 is 10.6. The molecule has 1 aliphatic heterocycles. The molecule has 3 heterocycles. The van der Waals surface area contributed by atoms with Gasteiger partial charge in [-0.15, -0.1) is 0 Å². The molecule has 0 aromatic carbocycles. The van der Waals surface area contributed by atoms with Gasteiger partial charge in [-0.05, 0) is 32.8 Å². The van der Waals surface area contributed by atoms with Gasteiger partial charge in [-0.2, -0.15) is 4.98 Å². The van der Waals surface area contributed by atoms with Crippen molar-refractivity contribution < 1.29 is 14.1 Å². The number of likely N-dealkylation sites (tertiary alicyclic amines) is 1. The van der Waals surface area contributed by atoms with E-state index in [4.69, 9.17) is 9.26 Å². The molecular formula is C16H20N4O3. The van der Waals surface area contributed by atoms with Crippen molar-refractivity contribution in [3.05, 3.63) is 35.6 Å². The van der Waals surface area contributed by atoms with E-state index in [9.17, 15) is 4.79 Å². The maximum Gasteiger partial charge on any atom is 0.255 e. The molecule has 2 aromatic rings. The Labute approximate surface area is 134 Å². The predicted molar refractivity (Wildman–Crippen MR) is 82.3 cm³/mol. The number of amides is 1. The molecule has 23 heavy (non-hydrogen) atoms. The highest BCUT2D eigenvalue weighted by molar-refractivity contribution is 5.94. The summed E-state index contributed by atoms with van der Waals surface area (Å²) in [5.41, 5.74) is 0.566. The summed E-state index contributed by atoms with van der Waals surface area (Å²) in [5, 5.41) is 3.83. The molecule has 0 bridgehead atoms. The fraction of sp³-hybridized carbons (Fsp3) is 0.500. The van der Waals surface area contributed by atoms with Gasteiger partial charge in [0.15, 0.2) is 5.82 Å². The largest absolute Gasteiger partial charge is 0.478 e. The van der Waals surface area contributed by atoms with Crippen LogP contribution in [-0.4, -0.2) is 45.6 Å². The Morgan fingerprint density at radius 1 is 1.48 bits per heavy atom. The smallest absolute Gasteiger partial charge is 0.255 e. The van der Waals surface area contributed by atoms with E-state index in [1.165, 1.54) is 0 Å². The number of nitrogens with zero attached hydrogens (tertiary/aromatic N) is 4. The molecule has 3 rings (SSSR count). The molecule has 7 nitrogen and oxygen atoms in total. The first kappa shape index (κ1) is 15.5. The fourth-order valence-corrected chi connectivity index (χ4v) is 2.76. The van der Waals surface area contributed by atoms with Crippen molar-refractivity contribution in [2.24, 2.45) is 0 Å². The third-order valence-electron chi connectivity index (χ3n) is 3.88. The summed E-state index contributed by atoms with van der Waals surface area (Å²) in [6, 6.07) is 3.47. The highest BCUT2D eigenvalue weighted by atomic mass is 16.5. The lowest BCUT2D eigenvalue weighted by Crippen LogP contribution is -2.39. The first-order valence-corrected chi connectivity index (χ1v) is 7.85. The van der Waals surface area contributed by atoms with Crippen LogP contribution in [0.25, 0.3) is 0 Å². The number of ether oxygens (including phenoxy) is 1. The third-order valence-corrected chi connectivity index (χ3v) is 3.88. The quantitative estimate of drug-likeness (QED) is 0.860. The molecule has 0 saturated carbocycles. The van der Waals surface area contributed by atoms with E-state index >= 15 is 0 Å². The lowest BCUT2D eigenvalue weighted by atomic mass is 9.97. The molecule has 1 unspecified atom stereocenters. The summed E-state index contributed by atoms with van der Waals surface area (Å²) in [4.78, 5) is 22.9. The predicted octanol–water partition coefficient (Wildman–Crippen LogP) is 2.19. The molecule has 2 aromatic heterocycles. The maximum atomic E-state index is 12.6. The fourth-order valence-electron chi connectivity index (χ4n) is 2.76. The molecule has 1 fully saturated rings. The van der Waals surface area contributed by atoms with E-state index in [2.05, 4.69) is 15.1 Å². The van der Waals surface area contributed by atoms with Crippen molar-refractivity contribution in [3.8, 4) is 5.88 Å². The average Bonchev–Trinajstić information content (AvgIpc) is 3.02. The molecule has 0 aliphatic carbocycles. The number of pyridine rings is 1. The van der Waals surface area contributed by atoms with Crippen LogP contribution in [0, 0.1) is 6.92 Å². The minimum absolute atomic E-state index is 0.0264. The van der Waals surface area contributed by atoms with Crippen molar-refractivity contribution in [1.29, 1.82) is 0 Å². The zero-order valence-corrected chi connectivity index (χ0v) is 13.4. The zero-order valence-electron chi connectivity index (χ0n) is 13.4. The SMILES string of the molecule is CCOc1ccc(C(=O)N2CCCC(c3nc(C)no3)C2)cn1. The Balaban J connectivity index is 1.69. The minimum Gasteiger partial charge on any atom is -0.478 e. The third kappa shape index (κ3) is 3.49. The van der Waals surface area contributed by atoms with Crippen molar-refractivity contribution in [1.82, 2.24) is 20.0 Å². The maximum absolute atomic E-state index is 12.6. The van der Waals surface area contributed by atoms with Crippen LogP contribution in [0.2, 0.25) is 0 Å². The van der Waals surface area contributed by atoms with Gasteiger partial charge in [-0.3, -0.25) is 4.79 Å². The number of rotatable bonds is 4. The van der Waals surface area contributed by atoms with Crippen molar-refractivity contribution in [2.75, 3.05) is 19.7 Å². The number of carbonyl (C=O) groups is 1. The zero-order chi connectivity index (χ0) is 16.2. The van der Waals surface area contributed by atoms with Crippen LogP contribution >= 0.6 is 0 Å². The van der Waals surface area contributed by atoms with Crippen molar-refractivity contribution in [3.63, 3.8) is 0 Å². The van der Waals surface area contributed by atoms with Crippen LogP contribution in [-0.2, 0) is 0 Å². The Kier molecular flexibility index (Phi) is 4.55. The summed E-state index contributed by atoms with van der Waals surface area (Å²) >= 11 is 0. The Hall–Kier alpha value is -2.44. The normalized spacial score (nSPS) is 18.0. The molecule has 1 atom stereocenters. The van der Waals surface area contributed by atoms with Gasteiger partial charge in [0.2, 0.25) is 11.8 Å². The van der Waals surface area contributed by atoms with E-state index in [1.807, 2.05) is 11.8 Å². The highest BCUT2D eigenvalue weighted by Crippen LogP contribution is 2.26. The van der Waals surface area contributed by atoms with Gasteiger partial charge in [-0.1, -0.05) is 5.16 Å². The monoisotopic (exact) mass is 316 g/mol. The molecule has 0 radical (unpaired) electrons. The van der Waals surface area contributed by atoms with Gasteiger partial charge in [0.05, 0.1) is 18.1 Å². The van der Waals surface area contributed by atoms with E-state index in [-0.39, 0.29) is 11.8 Å². The Bertz CT molecular complexity index is 668. The lowest BCUT2D eigenvalue weighted by molar-refractivity contribution is 0.0695. The van der Waals surface area contributed by atoms with Crippen LogP contribution in [0.5, 0.6) is 5.88 Å². The van der Waals surface area contributed by atoms with Gasteiger partial charge >= 0.3 is 0 Å². The van der Waals surface area contributed by atoms with Crippen LogP contribution < -0.4 is 4.74 Å².